The first-order chi connectivity index (χ1) is 14.9. The minimum Gasteiger partial charge on any atom is -0.434 e. The monoisotopic (exact) mass is 422 g/mol. The second kappa shape index (κ2) is 10.0. The predicted octanol–water partition coefficient (Wildman–Crippen LogP) is 4.87. The van der Waals surface area contributed by atoms with Crippen LogP contribution in [-0.2, 0) is 4.74 Å². The van der Waals surface area contributed by atoms with E-state index in [1.807, 2.05) is 0 Å². The van der Waals surface area contributed by atoms with Crippen LogP contribution in [0.15, 0.2) is 72.8 Å². The zero-order valence-electron chi connectivity index (χ0n) is 16.6. The summed E-state index contributed by atoms with van der Waals surface area (Å²) >= 11 is 0. The molecule has 3 aromatic carbocycles. The van der Waals surface area contributed by atoms with Crippen molar-refractivity contribution in [3.05, 3.63) is 89.7 Å². The Balaban J connectivity index is 1.57. The lowest BCUT2D eigenvalue weighted by molar-refractivity contribution is 0.101. The number of carbonyl (C=O) groups excluding carboxylic acids is 3. The van der Waals surface area contributed by atoms with Crippen molar-refractivity contribution in [1.82, 2.24) is 0 Å². The van der Waals surface area contributed by atoms with Crippen LogP contribution >= 0.6 is 0 Å². The van der Waals surface area contributed by atoms with Crippen molar-refractivity contribution in [2.75, 3.05) is 17.2 Å². The van der Waals surface area contributed by atoms with Gasteiger partial charge in [-0.2, -0.15) is 0 Å². The number of nitrogens with one attached hydrogen (secondary N) is 2. The van der Waals surface area contributed by atoms with Gasteiger partial charge >= 0.3 is 6.16 Å². The summed E-state index contributed by atoms with van der Waals surface area (Å²) in [7, 11) is 0. The summed E-state index contributed by atoms with van der Waals surface area (Å²) in [6, 6.07) is 17.8. The number of benzene rings is 3. The molecule has 0 unspecified atom stereocenters. The number of carbonyl (C=O) groups is 3. The Morgan fingerprint density at radius 2 is 1.39 bits per heavy atom. The molecule has 2 N–H and O–H groups in total. The fraction of sp³-hybridized carbons (Fsp3) is 0.0870. The first-order valence-electron chi connectivity index (χ1n) is 9.37. The van der Waals surface area contributed by atoms with Crippen LogP contribution in [0.25, 0.3) is 0 Å². The number of hydrogen-bond acceptors (Lipinski definition) is 5. The van der Waals surface area contributed by atoms with Crippen molar-refractivity contribution in [2.24, 2.45) is 0 Å². The number of amides is 2. The molecule has 2 amide bonds. The molecule has 0 bridgehead atoms. The first kappa shape index (κ1) is 21.5. The van der Waals surface area contributed by atoms with Gasteiger partial charge in [-0.3, -0.25) is 9.59 Å². The van der Waals surface area contributed by atoms with E-state index in [1.54, 1.807) is 31.2 Å². The van der Waals surface area contributed by atoms with E-state index in [9.17, 15) is 18.8 Å². The maximum Gasteiger partial charge on any atom is 0.513 e. The molecule has 7 nitrogen and oxygen atoms in total. The fourth-order valence-electron chi connectivity index (χ4n) is 2.59. The zero-order chi connectivity index (χ0) is 22.2. The van der Waals surface area contributed by atoms with Gasteiger partial charge in [0.05, 0.1) is 6.61 Å². The highest BCUT2D eigenvalue weighted by molar-refractivity contribution is 6.05. The molecule has 0 aromatic heterocycles. The zero-order valence-corrected chi connectivity index (χ0v) is 16.6. The Hall–Kier alpha value is -4.20. The maximum atomic E-state index is 13.2. The van der Waals surface area contributed by atoms with Gasteiger partial charge in [-0.1, -0.05) is 6.07 Å². The van der Waals surface area contributed by atoms with Crippen LogP contribution < -0.4 is 15.4 Å². The molecule has 31 heavy (non-hydrogen) atoms. The van der Waals surface area contributed by atoms with E-state index in [0.29, 0.717) is 16.9 Å². The number of ether oxygens (including phenoxy) is 2. The van der Waals surface area contributed by atoms with E-state index >= 15 is 0 Å². The molecule has 0 aliphatic rings. The van der Waals surface area contributed by atoms with Gasteiger partial charge in [0.2, 0.25) is 0 Å². The number of anilines is 2. The maximum absolute atomic E-state index is 13.2. The molecule has 0 spiro atoms. The molecule has 0 saturated heterocycles. The normalized spacial score (nSPS) is 10.1. The smallest absolute Gasteiger partial charge is 0.434 e. The second-order valence-corrected chi connectivity index (χ2v) is 6.31. The van der Waals surface area contributed by atoms with Crippen molar-refractivity contribution < 1.29 is 28.2 Å². The van der Waals surface area contributed by atoms with Gasteiger partial charge in [-0.15, -0.1) is 0 Å². The standard InChI is InChI=1S/C23H19FN2O5/c1-2-30-23(29)31-20-12-6-15(7-13-20)21(27)25-18-8-10-19(11-9-18)26-22(28)16-4-3-5-17(24)14-16/h3-14H,2H2,1H3,(H,25,27)(H,26,28). The van der Waals surface area contributed by atoms with E-state index in [1.165, 1.54) is 42.5 Å². The Kier molecular flexibility index (Phi) is 6.95. The van der Waals surface area contributed by atoms with E-state index < -0.39 is 17.9 Å². The molecule has 0 saturated carbocycles. The highest BCUT2D eigenvalue weighted by atomic mass is 19.1. The Morgan fingerprint density at radius 1 is 0.806 bits per heavy atom. The fourth-order valence-corrected chi connectivity index (χ4v) is 2.59. The third kappa shape index (κ3) is 6.14. The number of rotatable bonds is 6. The van der Waals surface area contributed by atoms with Crippen LogP contribution in [0, 0.1) is 5.82 Å². The minimum absolute atomic E-state index is 0.201. The summed E-state index contributed by atoms with van der Waals surface area (Å²) in [6.45, 7) is 1.87. The van der Waals surface area contributed by atoms with Gasteiger partial charge in [0.25, 0.3) is 11.8 Å². The number of halogens is 1. The van der Waals surface area contributed by atoms with Gasteiger partial charge < -0.3 is 20.1 Å². The van der Waals surface area contributed by atoms with E-state index in [-0.39, 0.29) is 23.8 Å². The van der Waals surface area contributed by atoms with E-state index in [4.69, 9.17) is 4.74 Å². The second-order valence-electron chi connectivity index (χ2n) is 6.31. The summed E-state index contributed by atoms with van der Waals surface area (Å²) < 4.78 is 22.9. The van der Waals surface area contributed by atoms with Crippen molar-refractivity contribution in [1.29, 1.82) is 0 Å². The van der Waals surface area contributed by atoms with Gasteiger partial charge in [-0.05, 0) is 73.7 Å². The lowest BCUT2D eigenvalue weighted by Gasteiger charge is -2.09. The summed E-state index contributed by atoms with van der Waals surface area (Å²) in [6.07, 6.45) is -0.815. The molecule has 0 heterocycles. The molecular weight excluding hydrogens is 403 g/mol. The van der Waals surface area contributed by atoms with Crippen LogP contribution in [0.5, 0.6) is 5.75 Å². The molecule has 3 rings (SSSR count). The first-order valence-corrected chi connectivity index (χ1v) is 9.37. The average molecular weight is 422 g/mol. The van der Waals surface area contributed by atoms with Crippen LogP contribution in [0.1, 0.15) is 27.6 Å². The molecule has 0 fully saturated rings. The molecule has 0 radical (unpaired) electrons. The quantitative estimate of drug-likeness (QED) is 0.437. The topological polar surface area (TPSA) is 93.7 Å². The number of hydrogen-bond donors (Lipinski definition) is 2. The lowest BCUT2D eigenvalue weighted by atomic mass is 10.2. The predicted molar refractivity (Wildman–Crippen MR) is 113 cm³/mol. The van der Waals surface area contributed by atoms with Crippen LogP contribution in [0.4, 0.5) is 20.6 Å². The molecule has 0 aliphatic heterocycles. The highest BCUT2D eigenvalue weighted by Crippen LogP contribution is 2.18. The van der Waals surface area contributed by atoms with E-state index in [2.05, 4.69) is 15.4 Å². The molecule has 158 valence electrons. The Bertz CT molecular complexity index is 1080. The Labute approximate surface area is 177 Å². The summed E-state index contributed by atoms with van der Waals surface area (Å²) in [4.78, 5) is 35.8. The van der Waals surface area contributed by atoms with Crippen LogP contribution in [0.2, 0.25) is 0 Å². The molecule has 8 heteroatoms. The molecular formula is C23H19FN2O5. The van der Waals surface area contributed by atoms with Gasteiger partial charge in [0.1, 0.15) is 11.6 Å². The van der Waals surface area contributed by atoms with Crippen molar-refractivity contribution in [3.63, 3.8) is 0 Å². The van der Waals surface area contributed by atoms with Gasteiger partial charge in [-0.25, -0.2) is 9.18 Å². The van der Waals surface area contributed by atoms with Crippen molar-refractivity contribution in [3.8, 4) is 5.75 Å². The SMILES string of the molecule is CCOC(=O)Oc1ccc(C(=O)Nc2ccc(NC(=O)c3cccc(F)c3)cc2)cc1. The average Bonchev–Trinajstić information content (AvgIpc) is 2.75. The third-order valence-corrected chi connectivity index (χ3v) is 4.07. The molecule has 3 aromatic rings. The molecule has 0 atom stereocenters. The van der Waals surface area contributed by atoms with E-state index in [0.717, 1.165) is 6.07 Å². The highest BCUT2D eigenvalue weighted by Gasteiger charge is 2.10. The Morgan fingerprint density at radius 3 is 1.94 bits per heavy atom. The third-order valence-electron chi connectivity index (χ3n) is 4.07. The van der Waals surface area contributed by atoms with Crippen molar-refractivity contribution >= 4 is 29.3 Å². The summed E-state index contributed by atoms with van der Waals surface area (Å²) in [5.74, 6) is -1.04. The van der Waals surface area contributed by atoms with Gasteiger partial charge in [0.15, 0.2) is 0 Å². The summed E-state index contributed by atoms with van der Waals surface area (Å²) in [5.41, 5.74) is 1.57. The molecule has 0 aliphatic carbocycles. The van der Waals surface area contributed by atoms with Crippen LogP contribution in [-0.4, -0.2) is 24.6 Å². The largest absolute Gasteiger partial charge is 0.513 e. The lowest BCUT2D eigenvalue weighted by Crippen LogP contribution is -2.13. The minimum atomic E-state index is -0.815. The van der Waals surface area contributed by atoms with Crippen LogP contribution in [0.3, 0.4) is 0 Å². The van der Waals surface area contributed by atoms with Crippen molar-refractivity contribution in [2.45, 2.75) is 6.92 Å². The summed E-state index contributed by atoms with van der Waals surface area (Å²) in [5, 5.41) is 5.38. The van der Waals surface area contributed by atoms with Gasteiger partial charge in [0, 0.05) is 22.5 Å².